The maximum absolute atomic E-state index is 12.3. The Kier molecular flexibility index (Phi) is 5.85. The molecule has 0 atom stereocenters. The third-order valence-electron chi connectivity index (χ3n) is 3.90. The number of carbonyl (C=O) groups excluding carboxylic acids is 1. The molecule has 3 rings (SSSR count). The first-order valence-electron chi connectivity index (χ1n) is 8.24. The molecular formula is C19H17N3O5S. The number of nitrogens with zero attached hydrogens (tertiary/aromatic N) is 2. The minimum atomic E-state index is -0.748. The molecule has 0 unspecified atom stereocenters. The van der Waals surface area contributed by atoms with Crippen LogP contribution in [0, 0.1) is 17.0 Å². The highest BCUT2D eigenvalue weighted by molar-refractivity contribution is 7.13. The van der Waals surface area contributed by atoms with Crippen molar-refractivity contribution in [2.24, 2.45) is 0 Å². The van der Waals surface area contributed by atoms with Crippen molar-refractivity contribution in [3.05, 3.63) is 74.8 Å². The molecule has 0 amide bonds. The van der Waals surface area contributed by atoms with E-state index in [1.807, 2.05) is 24.3 Å². The molecule has 8 nitrogen and oxygen atoms in total. The van der Waals surface area contributed by atoms with Crippen LogP contribution in [0.15, 0.2) is 47.8 Å². The zero-order valence-electron chi connectivity index (χ0n) is 15.2. The van der Waals surface area contributed by atoms with Crippen molar-refractivity contribution in [2.45, 2.75) is 13.5 Å². The number of benzene rings is 2. The lowest BCUT2D eigenvalue weighted by Gasteiger charge is -2.06. The van der Waals surface area contributed by atoms with E-state index in [0.29, 0.717) is 16.4 Å². The molecule has 0 spiro atoms. The van der Waals surface area contributed by atoms with Gasteiger partial charge in [0, 0.05) is 17.1 Å². The van der Waals surface area contributed by atoms with Gasteiger partial charge in [-0.15, -0.1) is 11.3 Å². The number of methoxy groups -OCH3 is 1. The smallest absolute Gasteiger partial charge is 0.345 e. The van der Waals surface area contributed by atoms with Crippen LogP contribution in [0.5, 0.6) is 5.75 Å². The lowest BCUT2D eigenvalue weighted by Crippen LogP contribution is -2.10. The monoisotopic (exact) mass is 399 g/mol. The van der Waals surface area contributed by atoms with E-state index < -0.39 is 10.9 Å². The number of aromatic nitrogens is 1. The highest BCUT2D eigenvalue weighted by Crippen LogP contribution is 2.25. The Morgan fingerprint density at radius 1 is 1.25 bits per heavy atom. The molecule has 0 saturated carbocycles. The van der Waals surface area contributed by atoms with Crippen LogP contribution in [0.4, 0.5) is 16.5 Å². The molecule has 0 aliphatic rings. The molecule has 144 valence electrons. The van der Waals surface area contributed by atoms with Crippen LogP contribution in [0.2, 0.25) is 0 Å². The van der Waals surface area contributed by atoms with Gasteiger partial charge in [0.1, 0.15) is 17.9 Å². The molecule has 2 aromatic carbocycles. The topological polar surface area (TPSA) is 104 Å². The lowest BCUT2D eigenvalue weighted by atomic mass is 10.1. The predicted molar refractivity (Wildman–Crippen MR) is 105 cm³/mol. The molecule has 1 aromatic heterocycles. The van der Waals surface area contributed by atoms with Gasteiger partial charge in [-0.25, -0.2) is 9.78 Å². The fourth-order valence-electron chi connectivity index (χ4n) is 2.51. The third-order valence-corrected chi connectivity index (χ3v) is 4.70. The van der Waals surface area contributed by atoms with Gasteiger partial charge >= 0.3 is 5.97 Å². The second-order valence-corrected chi connectivity index (χ2v) is 6.66. The fraction of sp³-hybridized carbons (Fsp3) is 0.158. The summed E-state index contributed by atoms with van der Waals surface area (Å²) in [6.07, 6.45) is 0. The first-order valence-corrected chi connectivity index (χ1v) is 9.12. The summed E-state index contributed by atoms with van der Waals surface area (Å²) in [5.74, 6) is 0.00468. The molecule has 0 bridgehead atoms. The van der Waals surface area contributed by atoms with Gasteiger partial charge in [0.15, 0.2) is 5.13 Å². The van der Waals surface area contributed by atoms with Crippen LogP contribution in [0.25, 0.3) is 0 Å². The highest BCUT2D eigenvalue weighted by Gasteiger charge is 2.23. The maximum atomic E-state index is 12.3. The van der Waals surface area contributed by atoms with Gasteiger partial charge < -0.3 is 14.8 Å². The summed E-state index contributed by atoms with van der Waals surface area (Å²) in [7, 11) is 1.60. The number of hydrogen-bond donors (Lipinski definition) is 1. The third kappa shape index (κ3) is 4.44. The zero-order valence-corrected chi connectivity index (χ0v) is 16.0. The Hall–Kier alpha value is -3.46. The SMILES string of the molecule is COc1ccc(Nc2nc(COC(=O)c3c(C)cccc3[N+](=O)[O-])cs2)cc1. The van der Waals surface area contributed by atoms with Crippen molar-refractivity contribution in [3.8, 4) is 5.75 Å². The van der Waals surface area contributed by atoms with Gasteiger partial charge in [-0.2, -0.15) is 0 Å². The highest BCUT2D eigenvalue weighted by atomic mass is 32.1. The molecule has 0 saturated heterocycles. The van der Waals surface area contributed by atoms with E-state index in [-0.39, 0.29) is 17.9 Å². The number of nitrogens with one attached hydrogen (secondary N) is 1. The van der Waals surface area contributed by atoms with Crippen molar-refractivity contribution in [3.63, 3.8) is 0 Å². The molecule has 0 aliphatic heterocycles. The molecule has 0 aliphatic carbocycles. The van der Waals surface area contributed by atoms with Crippen molar-refractivity contribution in [1.29, 1.82) is 0 Å². The number of nitro benzene ring substituents is 1. The summed E-state index contributed by atoms with van der Waals surface area (Å²) in [5.41, 5.74) is 1.56. The summed E-state index contributed by atoms with van der Waals surface area (Å²) in [6, 6.07) is 11.8. The van der Waals surface area contributed by atoms with Gasteiger partial charge in [-0.3, -0.25) is 10.1 Å². The average molecular weight is 399 g/mol. The van der Waals surface area contributed by atoms with Crippen LogP contribution in [-0.4, -0.2) is 23.0 Å². The van der Waals surface area contributed by atoms with Crippen LogP contribution < -0.4 is 10.1 Å². The van der Waals surface area contributed by atoms with Gasteiger partial charge in [0.2, 0.25) is 0 Å². The van der Waals surface area contributed by atoms with E-state index in [4.69, 9.17) is 9.47 Å². The van der Waals surface area contributed by atoms with Crippen LogP contribution >= 0.6 is 11.3 Å². The Bertz CT molecular complexity index is 1000. The lowest BCUT2D eigenvalue weighted by molar-refractivity contribution is -0.385. The van der Waals surface area contributed by atoms with E-state index in [1.54, 1.807) is 25.5 Å². The molecule has 0 fully saturated rings. The molecule has 0 radical (unpaired) electrons. The summed E-state index contributed by atoms with van der Waals surface area (Å²) < 4.78 is 10.4. The fourth-order valence-corrected chi connectivity index (χ4v) is 3.23. The van der Waals surface area contributed by atoms with Crippen LogP contribution in [0.1, 0.15) is 21.6 Å². The van der Waals surface area contributed by atoms with Crippen molar-refractivity contribution in [2.75, 3.05) is 12.4 Å². The molecular weight excluding hydrogens is 382 g/mol. The number of carbonyl (C=O) groups is 1. The Morgan fingerprint density at radius 2 is 2.00 bits per heavy atom. The van der Waals surface area contributed by atoms with Crippen molar-refractivity contribution in [1.82, 2.24) is 4.98 Å². The second kappa shape index (κ2) is 8.49. The number of ether oxygens (including phenoxy) is 2. The Morgan fingerprint density at radius 3 is 2.68 bits per heavy atom. The van der Waals surface area contributed by atoms with E-state index >= 15 is 0 Å². The average Bonchev–Trinajstić information content (AvgIpc) is 3.13. The van der Waals surface area contributed by atoms with E-state index in [1.165, 1.54) is 23.5 Å². The summed E-state index contributed by atoms with van der Waals surface area (Å²) in [5, 5.41) is 16.7. The van der Waals surface area contributed by atoms with Crippen LogP contribution in [-0.2, 0) is 11.3 Å². The van der Waals surface area contributed by atoms with E-state index in [0.717, 1.165) is 11.4 Å². The number of hydrogen-bond acceptors (Lipinski definition) is 8. The molecule has 3 aromatic rings. The Balaban J connectivity index is 1.64. The van der Waals surface area contributed by atoms with Gasteiger partial charge in [0.05, 0.1) is 17.7 Å². The first kappa shape index (κ1) is 19.3. The number of esters is 1. The number of aryl methyl sites for hydroxylation is 1. The summed E-state index contributed by atoms with van der Waals surface area (Å²) in [4.78, 5) is 27.2. The quantitative estimate of drug-likeness (QED) is 0.355. The Labute approximate surface area is 164 Å². The van der Waals surface area contributed by atoms with Crippen molar-refractivity contribution < 1.29 is 19.2 Å². The number of nitro groups is 1. The number of anilines is 2. The van der Waals surface area contributed by atoms with E-state index in [2.05, 4.69) is 10.3 Å². The zero-order chi connectivity index (χ0) is 20.1. The standard InChI is InChI=1S/C19H17N3O5S/c1-12-4-3-5-16(22(24)25)17(12)18(23)27-10-14-11-28-19(21-14)20-13-6-8-15(26-2)9-7-13/h3-9,11H,10H2,1-2H3,(H,20,21). The molecule has 28 heavy (non-hydrogen) atoms. The minimum Gasteiger partial charge on any atom is -0.497 e. The minimum absolute atomic E-state index is 0.0423. The first-order chi connectivity index (χ1) is 13.5. The normalized spacial score (nSPS) is 10.4. The van der Waals surface area contributed by atoms with Gasteiger partial charge in [0.25, 0.3) is 5.69 Å². The molecule has 1 heterocycles. The van der Waals surface area contributed by atoms with Gasteiger partial charge in [-0.05, 0) is 36.8 Å². The van der Waals surface area contributed by atoms with Crippen LogP contribution in [0.3, 0.4) is 0 Å². The van der Waals surface area contributed by atoms with Crippen molar-refractivity contribution >= 4 is 33.8 Å². The largest absolute Gasteiger partial charge is 0.497 e. The number of thiazole rings is 1. The van der Waals surface area contributed by atoms with Gasteiger partial charge in [-0.1, -0.05) is 12.1 Å². The second-order valence-electron chi connectivity index (χ2n) is 5.80. The number of rotatable bonds is 7. The summed E-state index contributed by atoms with van der Waals surface area (Å²) >= 11 is 1.36. The summed E-state index contributed by atoms with van der Waals surface area (Å²) in [6.45, 7) is 1.55. The molecule has 1 N–H and O–H groups in total. The predicted octanol–water partition coefficient (Wildman–Crippen LogP) is 4.47. The molecule has 9 heteroatoms. The van der Waals surface area contributed by atoms with E-state index in [9.17, 15) is 14.9 Å². The maximum Gasteiger partial charge on any atom is 0.345 e.